The minimum absolute atomic E-state index is 0.139. The molecule has 0 fully saturated rings. The maximum absolute atomic E-state index is 15.2. The van der Waals surface area contributed by atoms with Gasteiger partial charge in [-0.05, 0) is 58.7 Å². The topological polar surface area (TPSA) is 9.23 Å². The number of fused-ring (bicyclic) bond motifs is 1. The minimum Gasteiger partial charge on any atom is -0.494 e. The second-order valence-corrected chi connectivity index (χ2v) is 7.24. The quantitative estimate of drug-likeness (QED) is 0.303. The van der Waals surface area contributed by atoms with E-state index in [-0.39, 0.29) is 11.6 Å². The number of allylic oxidation sites excluding steroid dienone is 1. The molecule has 0 amide bonds. The van der Waals surface area contributed by atoms with Crippen LogP contribution in [-0.2, 0) is 6.42 Å². The van der Waals surface area contributed by atoms with Gasteiger partial charge in [0.1, 0.15) is 5.82 Å². The number of benzene rings is 4. The summed E-state index contributed by atoms with van der Waals surface area (Å²) in [5, 5.41) is 1.31. The molecule has 0 spiro atoms. The molecule has 0 saturated carbocycles. The monoisotopic (exact) mass is 400 g/mol. The van der Waals surface area contributed by atoms with Gasteiger partial charge in [0.2, 0.25) is 0 Å². The highest BCUT2D eigenvalue weighted by Crippen LogP contribution is 2.33. The minimum atomic E-state index is -0.513. The van der Waals surface area contributed by atoms with Crippen LogP contribution in [0.4, 0.5) is 8.78 Å². The molecule has 0 unspecified atom stereocenters. The van der Waals surface area contributed by atoms with Crippen molar-refractivity contribution in [3.8, 4) is 28.0 Å². The van der Waals surface area contributed by atoms with Crippen molar-refractivity contribution in [2.75, 3.05) is 7.11 Å². The maximum atomic E-state index is 15.2. The molecule has 0 aromatic heterocycles. The van der Waals surface area contributed by atoms with E-state index in [1.807, 2.05) is 24.3 Å². The van der Waals surface area contributed by atoms with E-state index in [9.17, 15) is 4.39 Å². The Kier molecular flexibility index (Phi) is 5.62. The summed E-state index contributed by atoms with van der Waals surface area (Å²) in [6, 6.07) is 22.1. The molecule has 0 radical (unpaired) electrons. The first-order valence-electron chi connectivity index (χ1n) is 9.87. The first kappa shape index (κ1) is 19.8. The van der Waals surface area contributed by atoms with Gasteiger partial charge in [-0.1, -0.05) is 60.7 Å². The Morgan fingerprint density at radius 1 is 0.833 bits per heavy atom. The highest BCUT2D eigenvalue weighted by Gasteiger charge is 2.13. The van der Waals surface area contributed by atoms with Crippen molar-refractivity contribution in [3.05, 3.63) is 103 Å². The summed E-state index contributed by atoms with van der Waals surface area (Å²) in [5.41, 5.74) is 4.22. The van der Waals surface area contributed by atoms with E-state index in [0.717, 1.165) is 29.4 Å². The smallest absolute Gasteiger partial charge is 0.165 e. The van der Waals surface area contributed by atoms with Crippen molar-refractivity contribution in [3.63, 3.8) is 0 Å². The average Bonchev–Trinajstić information content (AvgIpc) is 2.78. The lowest BCUT2D eigenvalue weighted by molar-refractivity contribution is 0.386. The van der Waals surface area contributed by atoms with Gasteiger partial charge in [0, 0.05) is 10.9 Å². The Hall–Kier alpha value is -3.46. The SMILES string of the molecule is C=CCCc1ccc(-c2ccc3c(F)c(-c4ccc(OC)c(F)c4)ccc3c2)cc1. The molecule has 0 aliphatic heterocycles. The highest BCUT2D eigenvalue weighted by atomic mass is 19.1. The van der Waals surface area contributed by atoms with E-state index in [1.54, 1.807) is 18.2 Å². The van der Waals surface area contributed by atoms with Gasteiger partial charge < -0.3 is 4.74 Å². The van der Waals surface area contributed by atoms with E-state index in [4.69, 9.17) is 4.74 Å². The van der Waals surface area contributed by atoms with Crippen LogP contribution >= 0.6 is 0 Å². The molecule has 0 N–H and O–H groups in total. The summed E-state index contributed by atoms with van der Waals surface area (Å²) < 4.78 is 34.2. The largest absolute Gasteiger partial charge is 0.494 e. The predicted molar refractivity (Wildman–Crippen MR) is 120 cm³/mol. The van der Waals surface area contributed by atoms with Gasteiger partial charge in [-0.25, -0.2) is 8.78 Å². The molecule has 0 saturated heterocycles. The Balaban J connectivity index is 1.69. The van der Waals surface area contributed by atoms with Crippen LogP contribution in [0.1, 0.15) is 12.0 Å². The van der Waals surface area contributed by atoms with Gasteiger partial charge in [0.25, 0.3) is 0 Å². The fraction of sp³-hybridized carbons (Fsp3) is 0.111. The van der Waals surface area contributed by atoms with Crippen LogP contribution in [0.5, 0.6) is 5.75 Å². The van der Waals surface area contributed by atoms with Crippen molar-refractivity contribution in [1.29, 1.82) is 0 Å². The molecule has 1 nitrogen and oxygen atoms in total. The van der Waals surface area contributed by atoms with Crippen molar-refractivity contribution in [2.45, 2.75) is 12.8 Å². The van der Waals surface area contributed by atoms with Crippen LogP contribution in [0.25, 0.3) is 33.0 Å². The molecule has 150 valence electrons. The molecule has 4 aromatic carbocycles. The molecule has 0 bridgehead atoms. The number of aryl methyl sites for hydroxylation is 1. The lowest BCUT2D eigenvalue weighted by Gasteiger charge is -2.10. The number of methoxy groups -OCH3 is 1. The number of halogens is 2. The van der Waals surface area contributed by atoms with E-state index >= 15 is 4.39 Å². The molecule has 0 aliphatic carbocycles. The molecule has 0 atom stereocenters. The summed E-state index contributed by atoms with van der Waals surface area (Å²) >= 11 is 0. The van der Waals surface area contributed by atoms with Crippen molar-refractivity contribution in [1.82, 2.24) is 0 Å². The Morgan fingerprint density at radius 3 is 2.27 bits per heavy atom. The molecule has 0 aliphatic rings. The van der Waals surface area contributed by atoms with Crippen LogP contribution in [-0.4, -0.2) is 7.11 Å². The first-order valence-corrected chi connectivity index (χ1v) is 9.87. The summed E-state index contributed by atoms with van der Waals surface area (Å²) in [6.07, 6.45) is 3.84. The zero-order chi connectivity index (χ0) is 21.1. The van der Waals surface area contributed by atoms with Crippen LogP contribution in [0.15, 0.2) is 85.5 Å². The van der Waals surface area contributed by atoms with Crippen LogP contribution < -0.4 is 4.74 Å². The van der Waals surface area contributed by atoms with Crippen LogP contribution in [0, 0.1) is 11.6 Å². The van der Waals surface area contributed by atoms with Gasteiger partial charge in [-0.2, -0.15) is 0 Å². The summed E-state index contributed by atoms with van der Waals surface area (Å²) in [6.45, 7) is 3.76. The lowest BCUT2D eigenvalue weighted by Crippen LogP contribution is -1.91. The number of hydrogen-bond acceptors (Lipinski definition) is 1. The van der Waals surface area contributed by atoms with Gasteiger partial charge in [-0.15, -0.1) is 6.58 Å². The second kappa shape index (κ2) is 8.50. The van der Waals surface area contributed by atoms with E-state index in [2.05, 4.69) is 30.8 Å². The van der Waals surface area contributed by atoms with Crippen molar-refractivity contribution >= 4 is 10.8 Å². The number of ether oxygens (including phenoxy) is 1. The standard InChI is InChI=1S/C27H22F2O/c1-3-4-5-18-6-8-19(9-7-18)20-10-13-23-21(16-20)11-14-24(27(23)29)22-12-15-26(30-2)25(28)17-22/h3,6-17H,1,4-5H2,2H3. The normalized spacial score (nSPS) is 10.9. The zero-order valence-electron chi connectivity index (χ0n) is 16.8. The van der Waals surface area contributed by atoms with Crippen LogP contribution in [0.2, 0.25) is 0 Å². The van der Waals surface area contributed by atoms with Crippen LogP contribution in [0.3, 0.4) is 0 Å². The first-order chi connectivity index (χ1) is 14.6. The molecule has 30 heavy (non-hydrogen) atoms. The summed E-state index contributed by atoms with van der Waals surface area (Å²) in [4.78, 5) is 0. The van der Waals surface area contributed by atoms with E-state index < -0.39 is 5.82 Å². The number of rotatable bonds is 6. The lowest BCUT2D eigenvalue weighted by atomic mass is 9.96. The third kappa shape index (κ3) is 3.84. The summed E-state index contributed by atoms with van der Waals surface area (Å²) in [7, 11) is 1.40. The molecule has 4 aromatic rings. The Labute approximate surface area is 175 Å². The zero-order valence-corrected chi connectivity index (χ0v) is 16.8. The molecule has 4 rings (SSSR count). The average molecular weight is 400 g/mol. The fourth-order valence-corrected chi connectivity index (χ4v) is 3.66. The van der Waals surface area contributed by atoms with E-state index in [0.29, 0.717) is 16.5 Å². The molecular weight excluding hydrogens is 378 g/mol. The van der Waals surface area contributed by atoms with Crippen molar-refractivity contribution < 1.29 is 13.5 Å². The number of hydrogen-bond donors (Lipinski definition) is 0. The van der Waals surface area contributed by atoms with Gasteiger partial charge in [-0.3, -0.25) is 0 Å². The maximum Gasteiger partial charge on any atom is 0.165 e. The predicted octanol–water partition coefficient (Wildman–Crippen LogP) is 7.58. The Bertz CT molecular complexity index is 1210. The van der Waals surface area contributed by atoms with Gasteiger partial charge in [0.15, 0.2) is 11.6 Å². The highest BCUT2D eigenvalue weighted by molar-refractivity contribution is 5.91. The summed E-state index contributed by atoms with van der Waals surface area (Å²) in [5.74, 6) is -0.732. The third-order valence-electron chi connectivity index (χ3n) is 5.34. The second-order valence-electron chi connectivity index (χ2n) is 7.24. The van der Waals surface area contributed by atoms with E-state index in [1.165, 1.54) is 24.8 Å². The third-order valence-corrected chi connectivity index (χ3v) is 5.34. The Morgan fingerprint density at radius 2 is 1.57 bits per heavy atom. The van der Waals surface area contributed by atoms with Crippen molar-refractivity contribution in [2.24, 2.45) is 0 Å². The fourth-order valence-electron chi connectivity index (χ4n) is 3.66. The van der Waals surface area contributed by atoms with Gasteiger partial charge in [0.05, 0.1) is 7.11 Å². The van der Waals surface area contributed by atoms with Gasteiger partial charge >= 0.3 is 0 Å². The molecule has 0 heterocycles. The molecule has 3 heteroatoms. The molecular formula is C27H22F2O.